The lowest BCUT2D eigenvalue weighted by Gasteiger charge is -2.14. The molecular weight excluding hydrogens is 232 g/mol. The lowest BCUT2D eigenvalue weighted by Crippen LogP contribution is -2.33. The quantitative estimate of drug-likeness (QED) is 0.636. The molecule has 0 saturated heterocycles. The molecular formula is C13H24N2O3. The highest BCUT2D eigenvalue weighted by molar-refractivity contribution is 5.76. The van der Waals surface area contributed by atoms with E-state index in [1.807, 2.05) is 0 Å². The number of carbonyl (C=O) groups excluding carboxylic acids is 1. The van der Waals surface area contributed by atoms with E-state index >= 15 is 0 Å². The first kappa shape index (κ1) is 15.0. The molecule has 5 nitrogen and oxygen atoms in total. The monoisotopic (exact) mass is 256 g/mol. The molecule has 0 aromatic rings. The first-order valence-electron chi connectivity index (χ1n) is 6.75. The summed E-state index contributed by atoms with van der Waals surface area (Å²) >= 11 is 0. The summed E-state index contributed by atoms with van der Waals surface area (Å²) in [6.07, 6.45) is 4.32. The van der Waals surface area contributed by atoms with Crippen LogP contribution in [0.3, 0.4) is 0 Å². The molecule has 1 fully saturated rings. The Hall–Kier alpha value is -1.10. The zero-order valence-electron chi connectivity index (χ0n) is 11.0. The molecule has 5 heteroatoms. The lowest BCUT2D eigenvalue weighted by atomic mass is 10.0. The molecule has 0 bridgehead atoms. The van der Waals surface area contributed by atoms with Gasteiger partial charge in [-0.05, 0) is 44.6 Å². The molecule has 1 aliphatic rings. The van der Waals surface area contributed by atoms with E-state index in [2.05, 4.69) is 12.2 Å². The minimum Gasteiger partial charge on any atom is -0.481 e. The van der Waals surface area contributed by atoms with Crippen LogP contribution in [0, 0.1) is 11.8 Å². The summed E-state index contributed by atoms with van der Waals surface area (Å²) in [7, 11) is 0. The van der Waals surface area contributed by atoms with Crippen molar-refractivity contribution in [2.24, 2.45) is 17.6 Å². The van der Waals surface area contributed by atoms with Crippen molar-refractivity contribution in [3.63, 3.8) is 0 Å². The highest BCUT2D eigenvalue weighted by Gasteiger charge is 2.30. The van der Waals surface area contributed by atoms with Crippen molar-refractivity contribution in [2.45, 2.75) is 51.5 Å². The Morgan fingerprint density at radius 3 is 2.67 bits per heavy atom. The molecule has 0 aliphatic heterocycles. The molecule has 1 aliphatic carbocycles. The van der Waals surface area contributed by atoms with Crippen molar-refractivity contribution >= 4 is 11.9 Å². The van der Waals surface area contributed by atoms with Crippen molar-refractivity contribution in [3.8, 4) is 0 Å². The summed E-state index contributed by atoms with van der Waals surface area (Å²) in [5.41, 5.74) is 5.46. The van der Waals surface area contributed by atoms with E-state index in [-0.39, 0.29) is 17.9 Å². The number of nitrogens with two attached hydrogens (primary N) is 1. The predicted octanol–water partition coefficient (Wildman–Crippen LogP) is 1.12. The fourth-order valence-corrected chi connectivity index (χ4v) is 2.44. The van der Waals surface area contributed by atoms with Crippen LogP contribution in [0.25, 0.3) is 0 Å². The average Bonchev–Trinajstić information content (AvgIpc) is 2.75. The smallest absolute Gasteiger partial charge is 0.306 e. The predicted molar refractivity (Wildman–Crippen MR) is 69.0 cm³/mol. The second-order valence-corrected chi connectivity index (χ2v) is 5.33. The van der Waals surface area contributed by atoms with Gasteiger partial charge in [-0.15, -0.1) is 0 Å². The van der Waals surface area contributed by atoms with Gasteiger partial charge in [0, 0.05) is 12.5 Å². The fraction of sp³-hybridized carbons (Fsp3) is 0.846. The molecule has 1 amide bonds. The third kappa shape index (κ3) is 5.04. The third-order valence-corrected chi connectivity index (χ3v) is 3.67. The summed E-state index contributed by atoms with van der Waals surface area (Å²) in [5, 5.41) is 11.8. The summed E-state index contributed by atoms with van der Waals surface area (Å²) in [6.45, 7) is 2.75. The van der Waals surface area contributed by atoms with Crippen LogP contribution in [0.5, 0.6) is 0 Å². The second kappa shape index (κ2) is 7.36. The van der Waals surface area contributed by atoms with Crippen molar-refractivity contribution < 1.29 is 14.7 Å². The van der Waals surface area contributed by atoms with Gasteiger partial charge in [-0.2, -0.15) is 0 Å². The number of hydrogen-bond acceptors (Lipinski definition) is 3. The molecule has 0 radical (unpaired) electrons. The Balaban J connectivity index is 2.19. The van der Waals surface area contributed by atoms with E-state index in [0.29, 0.717) is 31.7 Å². The summed E-state index contributed by atoms with van der Waals surface area (Å²) in [5.74, 6) is -0.527. The average molecular weight is 256 g/mol. The van der Waals surface area contributed by atoms with E-state index in [1.165, 1.54) is 0 Å². The maximum absolute atomic E-state index is 11.7. The van der Waals surface area contributed by atoms with Gasteiger partial charge in [0.15, 0.2) is 0 Å². The second-order valence-electron chi connectivity index (χ2n) is 5.33. The minimum absolute atomic E-state index is 0.0370. The third-order valence-electron chi connectivity index (χ3n) is 3.67. The number of carbonyl (C=O) groups is 2. The molecule has 0 heterocycles. The van der Waals surface area contributed by atoms with Gasteiger partial charge in [-0.3, -0.25) is 9.59 Å². The molecule has 0 aromatic heterocycles. The number of aliphatic carboxylic acids is 1. The van der Waals surface area contributed by atoms with Gasteiger partial charge in [-0.25, -0.2) is 0 Å². The fourth-order valence-electron chi connectivity index (χ4n) is 2.44. The van der Waals surface area contributed by atoms with E-state index in [9.17, 15) is 9.59 Å². The standard InChI is InChI=1S/C13H24N2O3/c1-9(6-7-14)2-5-12(16)15-11-4-3-10(8-11)13(17)18/h9-11H,2-8,14H2,1H3,(H,15,16)(H,17,18). The molecule has 1 saturated carbocycles. The van der Waals surface area contributed by atoms with Crippen LogP contribution >= 0.6 is 0 Å². The highest BCUT2D eigenvalue weighted by atomic mass is 16.4. The maximum atomic E-state index is 11.7. The molecule has 104 valence electrons. The zero-order valence-corrected chi connectivity index (χ0v) is 11.0. The maximum Gasteiger partial charge on any atom is 0.306 e. The van der Waals surface area contributed by atoms with Gasteiger partial charge in [0.2, 0.25) is 5.91 Å². The number of amides is 1. The molecule has 0 spiro atoms. The van der Waals surface area contributed by atoms with Gasteiger partial charge in [0.05, 0.1) is 5.92 Å². The van der Waals surface area contributed by atoms with Crippen molar-refractivity contribution in [3.05, 3.63) is 0 Å². The first-order chi connectivity index (χ1) is 8.52. The van der Waals surface area contributed by atoms with Crippen LogP contribution in [-0.4, -0.2) is 29.6 Å². The van der Waals surface area contributed by atoms with Gasteiger partial charge in [0.1, 0.15) is 0 Å². The number of rotatable bonds is 7. The van der Waals surface area contributed by atoms with Gasteiger partial charge in [0.25, 0.3) is 0 Å². The number of hydrogen-bond donors (Lipinski definition) is 3. The van der Waals surface area contributed by atoms with Crippen molar-refractivity contribution in [1.29, 1.82) is 0 Å². The van der Waals surface area contributed by atoms with Crippen LogP contribution in [0.2, 0.25) is 0 Å². The number of carboxylic acid groups (broad SMARTS) is 1. The Kier molecular flexibility index (Phi) is 6.12. The van der Waals surface area contributed by atoms with Crippen molar-refractivity contribution in [1.82, 2.24) is 5.32 Å². The molecule has 18 heavy (non-hydrogen) atoms. The zero-order chi connectivity index (χ0) is 13.5. The Labute approximate surface area is 108 Å². The highest BCUT2D eigenvalue weighted by Crippen LogP contribution is 2.25. The van der Waals surface area contributed by atoms with Crippen LogP contribution in [-0.2, 0) is 9.59 Å². The molecule has 0 aromatic carbocycles. The van der Waals surface area contributed by atoms with Crippen LogP contribution in [0.15, 0.2) is 0 Å². The molecule has 1 rings (SSSR count). The Morgan fingerprint density at radius 2 is 2.11 bits per heavy atom. The number of nitrogens with one attached hydrogen (secondary N) is 1. The van der Waals surface area contributed by atoms with Gasteiger partial charge in [-0.1, -0.05) is 6.92 Å². The number of carboxylic acids is 1. The van der Waals surface area contributed by atoms with E-state index < -0.39 is 5.97 Å². The topological polar surface area (TPSA) is 92.4 Å². The van der Waals surface area contributed by atoms with Crippen LogP contribution in [0.4, 0.5) is 0 Å². The summed E-state index contributed by atoms with van der Waals surface area (Å²) < 4.78 is 0. The SMILES string of the molecule is CC(CCN)CCC(=O)NC1CCC(C(=O)O)C1. The summed E-state index contributed by atoms with van der Waals surface area (Å²) in [6, 6.07) is 0.0448. The van der Waals surface area contributed by atoms with E-state index in [4.69, 9.17) is 10.8 Å². The van der Waals surface area contributed by atoms with Crippen LogP contribution in [0.1, 0.15) is 45.4 Å². The normalized spacial score (nSPS) is 24.8. The lowest BCUT2D eigenvalue weighted by molar-refractivity contribution is -0.141. The first-order valence-corrected chi connectivity index (χ1v) is 6.75. The van der Waals surface area contributed by atoms with Gasteiger partial charge < -0.3 is 16.2 Å². The largest absolute Gasteiger partial charge is 0.481 e. The van der Waals surface area contributed by atoms with E-state index in [0.717, 1.165) is 19.3 Å². The minimum atomic E-state index is -0.747. The molecule has 3 atom stereocenters. The van der Waals surface area contributed by atoms with Gasteiger partial charge >= 0.3 is 5.97 Å². The molecule has 3 unspecified atom stereocenters. The van der Waals surface area contributed by atoms with Crippen LogP contribution < -0.4 is 11.1 Å². The Bertz CT molecular complexity index is 294. The van der Waals surface area contributed by atoms with Crippen molar-refractivity contribution in [2.75, 3.05) is 6.54 Å². The van der Waals surface area contributed by atoms with E-state index in [1.54, 1.807) is 0 Å². The molecule has 4 N–H and O–H groups in total. The Morgan fingerprint density at radius 1 is 1.39 bits per heavy atom. The summed E-state index contributed by atoms with van der Waals surface area (Å²) in [4.78, 5) is 22.5.